The lowest BCUT2D eigenvalue weighted by atomic mass is 10.1. The minimum absolute atomic E-state index is 0.0527. The fourth-order valence-corrected chi connectivity index (χ4v) is 3.05. The zero-order valence-corrected chi connectivity index (χ0v) is 12.8. The molecule has 0 radical (unpaired) electrons. The molecule has 0 spiro atoms. The van der Waals surface area contributed by atoms with Crippen molar-refractivity contribution in [3.63, 3.8) is 0 Å². The molecule has 3 rings (SSSR count). The van der Waals surface area contributed by atoms with Crippen LogP contribution in [-0.2, 0) is 9.53 Å². The number of carbonyl (C=O) groups is 2. The van der Waals surface area contributed by atoms with Gasteiger partial charge >= 0.3 is 0 Å². The number of nitrogens with two attached hydrogens (primary N) is 1. The number of hydrogen-bond donors (Lipinski definition) is 1. The van der Waals surface area contributed by atoms with Crippen molar-refractivity contribution in [2.75, 3.05) is 38.3 Å². The molecule has 2 aliphatic heterocycles. The number of ether oxygens (including phenoxy) is 1. The molecule has 2 amide bonds. The Labute approximate surface area is 129 Å². The maximum atomic E-state index is 12.4. The van der Waals surface area contributed by atoms with Gasteiger partial charge in [0, 0.05) is 25.8 Å². The first kappa shape index (κ1) is 14.8. The molecule has 22 heavy (non-hydrogen) atoms. The fraction of sp³-hybridized carbons (Fsp3) is 0.533. The van der Waals surface area contributed by atoms with Crippen LogP contribution in [0.25, 0.3) is 0 Å². The van der Waals surface area contributed by atoms with Gasteiger partial charge in [-0.15, -0.1) is 0 Å². The average molecular weight is 304 g/mol. The number of fused-ring (bicyclic) bond motifs is 3. The minimum Gasteiger partial charge on any atom is -0.378 e. The topological polar surface area (TPSA) is 88.8 Å². The number of rotatable bonds is 2. The van der Waals surface area contributed by atoms with Crippen molar-refractivity contribution in [2.24, 2.45) is 11.7 Å². The average Bonchev–Trinajstić information content (AvgIpc) is 2.64. The van der Waals surface area contributed by atoms with E-state index < -0.39 is 5.91 Å². The van der Waals surface area contributed by atoms with Crippen molar-refractivity contribution in [1.82, 2.24) is 9.88 Å². The second-order valence-electron chi connectivity index (χ2n) is 5.93. The number of aromatic nitrogens is 1. The van der Waals surface area contributed by atoms with E-state index in [0.29, 0.717) is 37.7 Å². The molecule has 2 bridgehead atoms. The van der Waals surface area contributed by atoms with Crippen LogP contribution in [0.1, 0.15) is 16.1 Å². The number of primary amides is 1. The second kappa shape index (κ2) is 5.57. The van der Waals surface area contributed by atoms with Crippen LogP contribution in [0.2, 0.25) is 0 Å². The molecule has 2 saturated heterocycles. The first-order valence-corrected chi connectivity index (χ1v) is 7.34. The van der Waals surface area contributed by atoms with Gasteiger partial charge in [0.05, 0.1) is 30.7 Å². The summed E-state index contributed by atoms with van der Waals surface area (Å²) in [5.41, 5.74) is 6.67. The standard InChI is InChI=1S/C15H20N4O3/c1-9-3-4-12(13(16)20)14(17-9)19-5-10-7-22-8-11(6-19)18(2)15(10)21/h3-4,10-11H,5-8H2,1-2H3,(H2,16,20)/t10-,11+/m1/s1. The number of amides is 2. The Morgan fingerprint density at radius 3 is 2.86 bits per heavy atom. The number of pyridine rings is 1. The van der Waals surface area contributed by atoms with Crippen LogP contribution in [0.3, 0.4) is 0 Å². The lowest BCUT2D eigenvalue weighted by Gasteiger charge is -2.31. The third-order valence-electron chi connectivity index (χ3n) is 4.33. The molecular formula is C15H20N4O3. The van der Waals surface area contributed by atoms with Crippen LogP contribution < -0.4 is 10.6 Å². The van der Waals surface area contributed by atoms with Crippen LogP contribution in [0, 0.1) is 12.8 Å². The number of anilines is 1. The Kier molecular flexibility index (Phi) is 3.74. The van der Waals surface area contributed by atoms with Gasteiger partial charge in [0.2, 0.25) is 5.91 Å². The molecule has 1 aromatic heterocycles. The van der Waals surface area contributed by atoms with Gasteiger partial charge < -0.3 is 20.3 Å². The number of carbonyl (C=O) groups excluding carboxylic acids is 2. The molecule has 2 atom stereocenters. The summed E-state index contributed by atoms with van der Waals surface area (Å²) in [6.07, 6.45) is 0. The molecule has 118 valence electrons. The second-order valence-corrected chi connectivity index (χ2v) is 5.93. The maximum Gasteiger partial charge on any atom is 0.252 e. The van der Waals surface area contributed by atoms with Gasteiger partial charge in [-0.3, -0.25) is 9.59 Å². The zero-order valence-electron chi connectivity index (χ0n) is 12.8. The Hall–Kier alpha value is -2.15. The minimum atomic E-state index is -0.507. The first-order chi connectivity index (χ1) is 10.5. The molecule has 0 saturated carbocycles. The van der Waals surface area contributed by atoms with Crippen LogP contribution in [0.4, 0.5) is 5.82 Å². The highest BCUT2D eigenvalue weighted by Crippen LogP contribution is 2.26. The molecule has 0 unspecified atom stereocenters. The summed E-state index contributed by atoms with van der Waals surface area (Å²) in [6.45, 7) is 3.82. The summed E-state index contributed by atoms with van der Waals surface area (Å²) in [7, 11) is 1.80. The highest BCUT2D eigenvalue weighted by molar-refractivity contribution is 5.98. The summed E-state index contributed by atoms with van der Waals surface area (Å²) in [5, 5.41) is 0. The van der Waals surface area contributed by atoms with E-state index in [9.17, 15) is 9.59 Å². The summed E-state index contributed by atoms with van der Waals surface area (Å²) < 4.78 is 5.59. The van der Waals surface area contributed by atoms with E-state index in [1.165, 1.54) is 0 Å². The maximum absolute atomic E-state index is 12.4. The van der Waals surface area contributed by atoms with Crippen LogP contribution >= 0.6 is 0 Å². The monoisotopic (exact) mass is 304 g/mol. The predicted molar refractivity (Wildman–Crippen MR) is 80.6 cm³/mol. The van der Waals surface area contributed by atoms with Crippen molar-refractivity contribution in [1.29, 1.82) is 0 Å². The van der Waals surface area contributed by atoms with Crippen molar-refractivity contribution in [3.8, 4) is 0 Å². The van der Waals surface area contributed by atoms with Crippen molar-refractivity contribution >= 4 is 17.6 Å². The zero-order chi connectivity index (χ0) is 15.9. The van der Waals surface area contributed by atoms with E-state index in [2.05, 4.69) is 4.98 Å². The Morgan fingerprint density at radius 1 is 1.36 bits per heavy atom. The third kappa shape index (κ3) is 2.52. The first-order valence-electron chi connectivity index (χ1n) is 7.34. The van der Waals surface area contributed by atoms with E-state index in [1.54, 1.807) is 24.1 Å². The van der Waals surface area contributed by atoms with E-state index in [-0.39, 0.29) is 17.9 Å². The summed E-state index contributed by atoms with van der Waals surface area (Å²) >= 11 is 0. The van der Waals surface area contributed by atoms with Gasteiger partial charge in [-0.1, -0.05) is 0 Å². The smallest absolute Gasteiger partial charge is 0.252 e. The van der Waals surface area contributed by atoms with Crippen LogP contribution in [0.5, 0.6) is 0 Å². The summed E-state index contributed by atoms with van der Waals surface area (Å²) in [5.74, 6) is -0.112. The quantitative estimate of drug-likeness (QED) is 0.816. The van der Waals surface area contributed by atoms with E-state index in [4.69, 9.17) is 10.5 Å². The molecule has 7 heteroatoms. The van der Waals surface area contributed by atoms with Gasteiger partial charge in [0.15, 0.2) is 0 Å². The van der Waals surface area contributed by atoms with Crippen molar-refractivity contribution < 1.29 is 14.3 Å². The highest BCUT2D eigenvalue weighted by Gasteiger charge is 2.38. The SMILES string of the molecule is Cc1ccc(C(N)=O)c(N2C[C@@H]3COC[C@H](C2)N(C)C3=O)n1. The van der Waals surface area contributed by atoms with E-state index in [1.807, 2.05) is 11.8 Å². The van der Waals surface area contributed by atoms with Crippen molar-refractivity contribution in [3.05, 3.63) is 23.4 Å². The van der Waals surface area contributed by atoms with Gasteiger partial charge in [-0.05, 0) is 19.1 Å². The number of nitrogens with zero attached hydrogens (tertiary/aromatic N) is 3. The van der Waals surface area contributed by atoms with E-state index in [0.717, 1.165) is 5.69 Å². The molecule has 2 N–H and O–H groups in total. The third-order valence-corrected chi connectivity index (χ3v) is 4.33. The van der Waals surface area contributed by atoms with Gasteiger partial charge in [0.25, 0.3) is 5.91 Å². The van der Waals surface area contributed by atoms with Gasteiger partial charge in [-0.25, -0.2) is 4.98 Å². The Morgan fingerprint density at radius 2 is 2.14 bits per heavy atom. The summed E-state index contributed by atoms with van der Waals surface area (Å²) in [6, 6.07) is 3.41. The molecule has 1 aromatic rings. The number of aryl methyl sites for hydroxylation is 1. The van der Waals surface area contributed by atoms with E-state index >= 15 is 0 Å². The molecule has 0 aliphatic carbocycles. The predicted octanol–water partition coefficient (Wildman–Crippen LogP) is -0.218. The number of likely N-dealkylation sites (N-methyl/N-ethyl adjacent to an activating group) is 1. The van der Waals surface area contributed by atoms with Crippen LogP contribution in [0.15, 0.2) is 12.1 Å². The van der Waals surface area contributed by atoms with Gasteiger partial charge in [0.1, 0.15) is 5.82 Å². The Balaban J connectivity index is 2.01. The highest BCUT2D eigenvalue weighted by atomic mass is 16.5. The van der Waals surface area contributed by atoms with Crippen LogP contribution in [-0.4, -0.2) is 61.1 Å². The molecule has 2 fully saturated rings. The normalized spacial score (nSPS) is 25.1. The molecule has 7 nitrogen and oxygen atoms in total. The van der Waals surface area contributed by atoms with Crippen molar-refractivity contribution in [2.45, 2.75) is 13.0 Å². The largest absolute Gasteiger partial charge is 0.378 e. The lowest BCUT2D eigenvalue weighted by Crippen LogP contribution is -2.43. The molecule has 2 aliphatic rings. The molecule has 0 aromatic carbocycles. The summed E-state index contributed by atoms with van der Waals surface area (Å²) in [4.78, 5) is 32.3. The number of hydrogen-bond acceptors (Lipinski definition) is 5. The molecular weight excluding hydrogens is 284 g/mol. The Bertz CT molecular complexity index is 619. The van der Waals surface area contributed by atoms with Gasteiger partial charge in [-0.2, -0.15) is 0 Å². The lowest BCUT2D eigenvalue weighted by molar-refractivity contribution is -0.133. The fourth-order valence-electron chi connectivity index (χ4n) is 3.05. The molecule has 3 heterocycles.